The molecule has 1 amide bonds. The van der Waals surface area contributed by atoms with Gasteiger partial charge in [-0.2, -0.15) is 0 Å². The van der Waals surface area contributed by atoms with Crippen molar-refractivity contribution >= 4 is 32.5 Å². The Morgan fingerprint density at radius 1 is 0.974 bits per heavy atom. The molecule has 0 bridgehead atoms. The predicted molar refractivity (Wildman–Crippen MR) is 142 cm³/mol. The van der Waals surface area contributed by atoms with Gasteiger partial charge >= 0.3 is 0 Å². The number of sulfone groups is 1. The van der Waals surface area contributed by atoms with E-state index in [0.717, 1.165) is 5.52 Å². The lowest BCUT2D eigenvalue weighted by atomic mass is 10.1. The van der Waals surface area contributed by atoms with Gasteiger partial charge in [-0.1, -0.05) is 19.1 Å². The Kier molecular flexibility index (Phi) is 7.74. The second kappa shape index (κ2) is 10.7. The van der Waals surface area contributed by atoms with Gasteiger partial charge in [0, 0.05) is 24.4 Å². The maximum atomic E-state index is 14.3. The van der Waals surface area contributed by atoms with Gasteiger partial charge in [0.15, 0.2) is 44.5 Å². The van der Waals surface area contributed by atoms with E-state index < -0.39 is 38.6 Å². The number of carbonyl (C=O) groups excluding carboxylic acids is 1. The summed E-state index contributed by atoms with van der Waals surface area (Å²) in [5, 5.41) is 2.82. The third kappa shape index (κ3) is 5.93. The number of amides is 1. The van der Waals surface area contributed by atoms with Gasteiger partial charge in [-0.15, -0.1) is 0 Å². The summed E-state index contributed by atoms with van der Waals surface area (Å²) in [6.45, 7) is 7.24. The van der Waals surface area contributed by atoms with Crippen LogP contribution < -0.4 is 10.1 Å². The van der Waals surface area contributed by atoms with E-state index in [9.17, 15) is 26.4 Å². The van der Waals surface area contributed by atoms with Gasteiger partial charge in [0.05, 0.1) is 28.1 Å². The number of ether oxygens (including phenoxy) is 1. The molecule has 4 rings (SSSR count). The van der Waals surface area contributed by atoms with Crippen LogP contribution in [0, 0.1) is 17.5 Å². The maximum absolute atomic E-state index is 14.3. The lowest BCUT2D eigenvalue weighted by Gasteiger charge is -2.27. The first-order valence-corrected chi connectivity index (χ1v) is 14.0. The van der Waals surface area contributed by atoms with Crippen molar-refractivity contribution in [1.29, 1.82) is 0 Å². The Morgan fingerprint density at radius 3 is 2.28 bits per heavy atom. The molecular formula is C28H28F3N3O4S. The molecule has 0 saturated heterocycles. The summed E-state index contributed by atoms with van der Waals surface area (Å²) in [6, 6.07) is 12.5. The number of fused-ring (bicyclic) bond motifs is 1. The zero-order chi connectivity index (χ0) is 28.5. The number of nitrogens with zero attached hydrogens (tertiary/aromatic N) is 2. The van der Waals surface area contributed by atoms with Gasteiger partial charge in [-0.25, -0.2) is 26.6 Å². The van der Waals surface area contributed by atoms with Gasteiger partial charge in [0.2, 0.25) is 5.91 Å². The number of carbonyl (C=O) groups is 1. The minimum Gasteiger partial charge on any atom is -0.477 e. The molecule has 1 aromatic heterocycles. The molecule has 0 aliphatic rings. The van der Waals surface area contributed by atoms with Crippen molar-refractivity contribution in [1.82, 2.24) is 9.55 Å². The summed E-state index contributed by atoms with van der Waals surface area (Å²) < 4.78 is 72.9. The normalized spacial score (nSPS) is 12.1. The van der Waals surface area contributed by atoms with Crippen LogP contribution in [0.4, 0.5) is 18.9 Å². The van der Waals surface area contributed by atoms with Gasteiger partial charge < -0.3 is 14.6 Å². The molecule has 0 unspecified atom stereocenters. The molecule has 4 aromatic rings. The molecule has 0 saturated carbocycles. The second-order valence-electron chi connectivity index (χ2n) is 9.46. The molecular weight excluding hydrogens is 531 g/mol. The summed E-state index contributed by atoms with van der Waals surface area (Å²) >= 11 is 0. The van der Waals surface area contributed by atoms with Gasteiger partial charge in [0.1, 0.15) is 0 Å². The fourth-order valence-electron chi connectivity index (χ4n) is 4.26. The number of halogens is 3. The molecule has 7 nitrogen and oxygen atoms in total. The maximum Gasteiger partial charge on any atom is 0.228 e. The molecule has 11 heteroatoms. The first-order chi connectivity index (χ1) is 18.3. The van der Waals surface area contributed by atoms with Crippen molar-refractivity contribution in [2.45, 2.75) is 51.2 Å². The monoisotopic (exact) mass is 559 g/mol. The Bertz CT molecular complexity index is 1650. The van der Waals surface area contributed by atoms with Crippen LogP contribution in [-0.4, -0.2) is 29.6 Å². The van der Waals surface area contributed by atoms with Crippen molar-refractivity contribution in [2.75, 3.05) is 11.1 Å². The third-order valence-corrected chi connectivity index (χ3v) is 8.00. The second-order valence-corrected chi connectivity index (χ2v) is 11.7. The molecule has 3 aromatic carbocycles. The number of aryl methyl sites for hydroxylation is 1. The molecule has 1 heterocycles. The Labute approximate surface area is 224 Å². The molecule has 0 radical (unpaired) electrons. The number of anilines is 1. The highest BCUT2D eigenvalue weighted by Crippen LogP contribution is 2.33. The zero-order valence-corrected chi connectivity index (χ0v) is 22.7. The van der Waals surface area contributed by atoms with Crippen LogP contribution >= 0.6 is 0 Å². The van der Waals surface area contributed by atoms with Crippen LogP contribution in [0.15, 0.2) is 59.5 Å². The number of hydrogen-bond donors (Lipinski definition) is 1. The first kappa shape index (κ1) is 28.2. The quantitative estimate of drug-likeness (QED) is 0.263. The van der Waals surface area contributed by atoms with E-state index in [1.165, 1.54) is 12.1 Å². The molecule has 0 aliphatic heterocycles. The fourth-order valence-corrected chi connectivity index (χ4v) is 5.15. The molecule has 39 heavy (non-hydrogen) atoms. The van der Waals surface area contributed by atoms with Gasteiger partial charge in [0.25, 0.3) is 0 Å². The molecule has 0 fully saturated rings. The average Bonchev–Trinajstić information content (AvgIpc) is 3.26. The number of aromatic nitrogens is 2. The standard InChI is InChI=1S/C28H28F3N3O4S/c1-5-34-24-12-9-18(32-26(35)13-17-7-10-19(11-8-17)39(36,37)6-2)14-23(24)33-27(34)28(3,4)38-25-16-21(30)20(29)15-22(25)31/h7-12,14-16H,5-6,13H2,1-4H3,(H,32,35). The topological polar surface area (TPSA) is 90.3 Å². The average molecular weight is 560 g/mol. The van der Waals surface area contributed by atoms with Crippen molar-refractivity contribution in [3.05, 3.63) is 83.4 Å². The van der Waals surface area contributed by atoms with Crippen molar-refractivity contribution in [2.24, 2.45) is 0 Å². The smallest absolute Gasteiger partial charge is 0.228 e. The van der Waals surface area contributed by atoms with E-state index in [0.29, 0.717) is 41.3 Å². The summed E-state index contributed by atoms with van der Waals surface area (Å²) in [5.41, 5.74) is 1.21. The van der Waals surface area contributed by atoms with Crippen LogP contribution in [0.25, 0.3) is 11.0 Å². The summed E-state index contributed by atoms with van der Waals surface area (Å²) in [5.74, 6) is -3.89. The SMILES string of the molecule is CCn1c(C(C)(C)Oc2cc(F)c(F)cc2F)nc2cc(NC(=O)Cc3ccc(S(=O)(=O)CC)cc3)ccc21. The molecule has 206 valence electrons. The van der Waals surface area contributed by atoms with E-state index >= 15 is 0 Å². The van der Waals surface area contributed by atoms with E-state index in [1.54, 1.807) is 51.1 Å². The highest BCUT2D eigenvalue weighted by atomic mass is 32.2. The molecule has 0 atom stereocenters. The largest absolute Gasteiger partial charge is 0.477 e. The summed E-state index contributed by atoms with van der Waals surface area (Å²) in [7, 11) is -3.32. The van der Waals surface area contributed by atoms with Crippen molar-refractivity contribution in [3.63, 3.8) is 0 Å². The lowest BCUT2D eigenvalue weighted by molar-refractivity contribution is -0.115. The van der Waals surface area contributed by atoms with Crippen LogP contribution in [0.2, 0.25) is 0 Å². The molecule has 0 aliphatic carbocycles. The number of benzene rings is 3. The highest BCUT2D eigenvalue weighted by Gasteiger charge is 2.31. The number of rotatable bonds is 9. The van der Waals surface area contributed by atoms with Gasteiger partial charge in [-0.3, -0.25) is 4.79 Å². The Balaban J connectivity index is 1.55. The lowest BCUT2D eigenvalue weighted by Crippen LogP contribution is -2.30. The van der Waals surface area contributed by atoms with E-state index in [1.807, 2.05) is 11.5 Å². The van der Waals surface area contributed by atoms with Crippen molar-refractivity contribution in [3.8, 4) is 5.75 Å². The van der Waals surface area contributed by atoms with Crippen LogP contribution in [0.3, 0.4) is 0 Å². The van der Waals surface area contributed by atoms with E-state index in [4.69, 9.17) is 4.74 Å². The number of hydrogen-bond acceptors (Lipinski definition) is 5. The zero-order valence-electron chi connectivity index (χ0n) is 21.9. The summed E-state index contributed by atoms with van der Waals surface area (Å²) in [4.78, 5) is 17.5. The number of nitrogens with one attached hydrogen (secondary N) is 1. The Hall–Kier alpha value is -3.86. The number of imidazole rings is 1. The van der Waals surface area contributed by atoms with E-state index in [2.05, 4.69) is 10.3 Å². The van der Waals surface area contributed by atoms with Crippen LogP contribution in [-0.2, 0) is 33.2 Å². The van der Waals surface area contributed by atoms with Gasteiger partial charge in [-0.05, 0) is 56.7 Å². The third-order valence-electron chi connectivity index (χ3n) is 6.25. The van der Waals surface area contributed by atoms with Crippen LogP contribution in [0.1, 0.15) is 39.1 Å². The molecule has 1 N–H and O–H groups in total. The van der Waals surface area contributed by atoms with E-state index in [-0.39, 0.29) is 23.0 Å². The fraction of sp³-hybridized carbons (Fsp3) is 0.286. The Morgan fingerprint density at radius 2 is 1.64 bits per heavy atom. The first-order valence-electron chi connectivity index (χ1n) is 12.3. The predicted octanol–water partition coefficient (Wildman–Crippen LogP) is 5.76. The minimum absolute atomic E-state index is 0.00417. The van der Waals surface area contributed by atoms with Crippen LogP contribution in [0.5, 0.6) is 5.75 Å². The highest BCUT2D eigenvalue weighted by molar-refractivity contribution is 7.91. The van der Waals surface area contributed by atoms with Crippen molar-refractivity contribution < 1.29 is 31.1 Å². The minimum atomic E-state index is -3.32. The summed E-state index contributed by atoms with van der Waals surface area (Å²) in [6.07, 6.45) is 0.0415. The molecule has 0 spiro atoms.